The SMILES string of the molecule is CO[C@H]1O[C@H](COC(=O)ON2C(=O)CCC2=O)[C@@H](OCc2ccccc2)[C@H](OCc2ccccc2)[C@H]1OCc1ccccc1. The summed E-state index contributed by atoms with van der Waals surface area (Å²) >= 11 is 0. The van der Waals surface area contributed by atoms with Gasteiger partial charge in [0.15, 0.2) is 6.29 Å². The molecule has 0 spiro atoms. The number of rotatable bonds is 13. The molecule has 2 heterocycles. The minimum Gasteiger partial charge on any atom is -0.430 e. The van der Waals surface area contributed by atoms with Gasteiger partial charge in [-0.1, -0.05) is 96.1 Å². The van der Waals surface area contributed by atoms with Gasteiger partial charge in [-0.15, -0.1) is 0 Å². The first-order chi connectivity index (χ1) is 21.5. The van der Waals surface area contributed by atoms with Gasteiger partial charge < -0.3 is 28.4 Å². The van der Waals surface area contributed by atoms with E-state index in [1.54, 1.807) is 0 Å². The quantitative estimate of drug-likeness (QED) is 0.206. The molecule has 3 aromatic carbocycles. The Morgan fingerprint density at radius 2 is 1.16 bits per heavy atom. The van der Waals surface area contributed by atoms with Crippen LogP contribution in [0.3, 0.4) is 0 Å². The summed E-state index contributed by atoms with van der Waals surface area (Å²) in [4.78, 5) is 41.2. The fourth-order valence-electron chi connectivity index (χ4n) is 4.98. The van der Waals surface area contributed by atoms with E-state index in [1.165, 1.54) is 7.11 Å². The van der Waals surface area contributed by atoms with Crippen LogP contribution in [-0.4, -0.2) is 67.5 Å². The van der Waals surface area contributed by atoms with Crippen LogP contribution >= 0.6 is 0 Å². The molecular weight excluding hydrogens is 570 g/mol. The number of benzene rings is 3. The Morgan fingerprint density at radius 1 is 0.705 bits per heavy atom. The Labute approximate surface area is 255 Å². The van der Waals surface area contributed by atoms with Gasteiger partial charge >= 0.3 is 6.16 Å². The molecule has 232 valence electrons. The maximum absolute atomic E-state index is 12.5. The first-order valence-corrected chi connectivity index (χ1v) is 14.4. The predicted molar refractivity (Wildman–Crippen MR) is 154 cm³/mol. The number of hydrogen-bond donors (Lipinski definition) is 0. The van der Waals surface area contributed by atoms with Crippen molar-refractivity contribution in [2.45, 2.75) is 63.4 Å². The second-order valence-electron chi connectivity index (χ2n) is 10.3. The molecule has 2 saturated heterocycles. The number of amides is 2. The summed E-state index contributed by atoms with van der Waals surface area (Å²) in [6, 6.07) is 28.9. The van der Waals surface area contributed by atoms with Crippen molar-refractivity contribution in [1.82, 2.24) is 5.06 Å². The maximum atomic E-state index is 12.5. The van der Waals surface area contributed by atoms with Gasteiger partial charge in [0.2, 0.25) is 0 Å². The second kappa shape index (κ2) is 15.6. The summed E-state index contributed by atoms with van der Waals surface area (Å²) < 4.78 is 36.6. The van der Waals surface area contributed by atoms with Crippen molar-refractivity contribution >= 4 is 18.0 Å². The third-order valence-corrected chi connectivity index (χ3v) is 7.22. The standard InChI is InChI=1S/C33H35NO10/c1-38-32-31(41-21-25-15-9-4-10-16-25)30(40-20-24-13-7-3-8-14-24)29(39-19-23-11-5-2-6-12-23)26(43-32)22-42-33(37)44-34-27(35)17-18-28(34)36/h2-16,26,29-32H,17-22H2,1H3/t26-,29-,30+,31-,32+/m1/s1. The van der Waals surface area contributed by atoms with Gasteiger partial charge in [-0.25, -0.2) is 4.79 Å². The lowest BCUT2D eigenvalue weighted by Gasteiger charge is -2.45. The Kier molecular flexibility index (Phi) is 11.1. The molecule has 3 aromatic rings. The molecule has 5 atom stereocenters. The summed E-state index contributed by atoms with van der Waals surface area (Å²) in [5.74, 6) is -1.23. The van der Waals surface area contributed by atoms with E-state index in [1.807, 2.05) is 91.0 Å². The van der Waals surface area contributed by atoms with Crippen molar-refractivity contribution in [1.29, 1.82) is 0 Å². The van der Waals surface area contributed by atoms with Gasteiger partial charge in [-0.3, -0.25) is 14.4 Å². The molecule has 2 amide bonds. The van der Waals surface area contributed by atoms with E-state index in [9.17, 15) is 14.4 Å². The number of hydroxylamine groups is 2. The Hall–Kier alpha value is -4.13. The van der Waals surface area contributed by atoms with Crippen LogP contribution in [0.5, 0.6) is 0 Å². The van der Waals surface area contributed by atoms with E-state index in [0.29, 0.717) is 5.06 Å². The topological polar surface area (TPSA) is 119 Å². The van der Waals surface area contributed by atoms with Gasteiger partial charge in [0, 0.05) is 20.0 Å². The predicted octanol–water partition coefficient (Wildman–Crippen LogP) is 4.33. The molecule has 2 aliphatic heterocycles. The average Bonchev–Trinajstić information content (AvgIpc) is 3.38. The Morgan fingerprint density at radius 3 is 1.64 bits per heavy atom. The molecular formula is C33H35NO10. The van der Waals surface area contributed by atoms with Crippen LogP contribution in [0.2, 0.25) is 0 Å². The van der Waals surface area contributed by atoms with Crippen LogP contribution < -0.4 is 0 Å². The molecule has 0 bridgehead atoms. The van der Waals surface area contributed by atoms with Crippen molar-refractivity contribution in [3.05, 3.63) is 108 Å². The molecule has 0 radical (unpaired) electrons. The lowest BCUT2D eigenvalue weighted by Crippen LogP contribution is -2.61. The van der Waals surface area contributed by atoms with Crippen LogP contribution in [-0.2, 0) is 62.7 Å². The third kappa shape index (κ3) is 8.28. The highest BCUT2D eigenvalue weighted by molar-refractivity contribution is 6.01. The number of nitrogens with zero attached hydrogens (tertiary/aromatic N) is 1. The lowest BCUT2D eigenvalue weighted by atomic mass is 9.98. The number of carbonyl (C=O) groups is 3. The molecule has 2 aliphatic rings. The van der Waals surface area contributed by atoms with Crippen molar-refractivity contribution in [2.24, 2.45) is 0 Å². The highest BCUT2D eigenvalue weighted by Gasteiger charge is 2.49. The summed E-state index contributed by atoms with van der Waals surface area (Å²) in [6.45, 7) is 0.371. The largest absolute Gasteiger partial charge is 0.534 e. The molecule has 0 saturated carbocycles. The van der Waals surface area contributed by atoms with Crippen molar-refractivity contribution < 1.29 is 47.6 Å². The normalized spacial score (nSPS) is 23.5. The van der Waals surface area contributed by atoms with E-state index in [0.717, 1.165) is 16.7 Å². The highest BCUT2D eigenvalue weighted by Crippen LogP contribution is 2.31. The first kappa shape index (κ1) is 31.3. The number of methoxy groups -OCH3 is 1. The number of hydrogen-bond acceptors (Lipinski definition) is 10. The molecule has 0 N–H and O–H groups in total. The summed E-state index contributed by atoms with van der Waals surface area (Å²) in [6.07, 6.45) is -5.35. The minimum absolute atomic E-state index is 0.0342. The van der Waals surface area contributed by atoms with Crippen molar-refractivity contribution in [3.63, 3.8) is 0 Å². The van der Waals surface area contributed by atoms with Crippen LogP contribution in [0.4, 0.5) is 4.79 Å². The summed E-state index contributed by atoms with van der Waals surface area (Å²) in [5, 5.41) is 0.421. The first-order valence-electron chi connectivity index (χ1n) is 14.4. The van der Waals surface area contributed by atoms with Crippen LogP contribution in [0.1, 0.15) is 29.5 Å². The van der Waals surface area contributed by atoms with Gasteiger partial charge in [-0.2, -0.15) is 0 Å². The Balaban J connectivity index is 1.37. The number of ether oxygens (including phenoxy) is 6. The van der Waals surface area contributed by atoms with Crippen LogP contribution in [0.15, 0.2) is 91.0 Å². The molecule has 11 heteroatoms. The third-order valence-electron chi connectivity index (χ3n) is 7.22. The fraction of sp³-hybridized carbons (Fsp3) is 0.364. The molecule has 0 aliphatic carbocycles. The minimum atomic E-state index is -1.22. The van der Waals surface area contributed by atoms with Crippen LogP contribution in [0.25, 0.3) is 0 Å². The maximum Gasteiger partial charge on any atom is 0.534 e. The summed E-state index contributed by atoms with van der Waals surface area (Å²) in [5.41, 5.74) is 2.80. The highest BCUT2D eigenvalue weighted by atomic mass is 16.8. The van der Waals surface area contributed by atoms with Gasteiger partial charge in [0.05, 0.1) is 19.8 Å². The zero-order valence-electron chi connectivity index (χ0n) is 24.3. The number of imide groups is 1. The van der Waals surface area contributed by atoms with Crippen molar-refractivity contribution in [3.8, 4) is 0 Å². The molecule has 0 aromatic heterocycles. The average molecular weight is 606 g/mol. The van der Waals surface area contributed by atoms with Crippen LogP contribution in [0, 0.1) is 0 Å². The summed E-state index contributed by atoms with van der Waals surface area (Å²) in [7, 11) is 1.49. The lowest BCUT2D eigenvalue weighted by molar-refractivity contribution is -0.322. The molecule has 11 nitrogen and oxygen atoms in total. The van der Waals surface area contributed by atoms with E-state index < -0.39 is 48.7 Å². The van der Waals surface area contributed by atoms with Crippen molar-refractivity contribution in [2.75, 3.05) is 13.7 Å². The zero-order valence-corrected chi connectivity index (χ0v) is 24.3. The fourth-order valence-corrected chi connectivity index (χ4v) is 4.98. The molecule has 5 rings (SSSR count). The molecule has 0 unspecified atom stereocenters. The van der Waals surface area contributed by atoms with Gasteiger partial charge in [0.25, 0.3) is 11.8 Å². The second-order valence-corrected chi connectivity index (χ2v) is 10.3. The van der Waals surface area contributed by atoms with Gasteiger partial charge in [-0.05, 0) is 16.7 Å². The van der Waals surface area contributed by atoms with E-state index in [2.05, 4.69) is 0 Å². The monoisotopic (exact) mass is 605 g/mol. The van der Waals surface area contributed by atoms with E-state index in [4.69, 9.17) is 33.3 Å². The molecule has 44 heavy (non-hydrogen) atoms. The smallest absolute Gasteiger partial charge is 0.430 e. The molecule has 2 fully saturated rings. The number of carbonyl (C=O) groups excluding carboxylic acids is 3. The van der Waals surface area contributed by atoms with E-state index >= 15 is 0 Å². The van der Waals surface area contributed by atoms with E-state index in [-0.39, 0.29) is 39.3 Å². The Bertz CT molecular complexity index is 1340. The van der Waals surface area contributed by atoms with Gasteiger partial charge in [0.1, 0.15) is 31.0 Å². The zero-order chi connectivity index (χ0) is 30.7.